The van der Waals surface area contributed by atoms with E-state index >= 15 is 0 Å². The normalized spacial score (nSPS) is 14.6. The number of anilines is 1. The van der Waals surface area contributed by atoms with Crippen molar-refractivity contribution in [3.05, 3.63) is 63.7 Å². The van der Waals surface area contributed by atoms with Crippen molar-refractivity contribution >= 4 is 23.2 Å². The third-order valence-electron chi connectivity index (χ3n) is 5.05. The third-order valence-corrected chi connectivity index (χ3v) is 5.05. The Morgan fingerprint density at radius 3 is 2.30 bits per heavy atom. The molecular formula is C21H21F3N4O5. The first-order chi connectivity index (χ1) is 15.5. The van der Waals surface area contributed by atoms with Crippen molar-refractivity contribution in [2.24, 2.45) is 0 Å². The molecule has 3 rings (SSSR count). The molecule has 1 aliphatic heterocycles. The van der Waals surface area contributed by atoms with Crippen LogP contribution in [-0.4, -0.2) is 65.6 Å². The highest BCUT2D eigenvalue weighted by Gasteiger charge is 2.31. The summed E-state index contributed by atoms with van der Waals surface area (Å²) in [5, 5.41) is 14.0. The van der Waals surface area contributed by atoms with Crippen LogP contribution in [0.2, 0.25) is 0 Å². The Bertz CT molecular complexity index is 1040. The lowest BCUT2D eigenvalue weighted by Crippen LogP contribution is -2.50. The van der Waals surface area contributed by atoms with Gasteiger partial charge in [0.05, 0.1) is 11.5 Å². The van der Waals surface area contributed by atoms with Gasteiger partial charge in [-0.3, -0.25) is 24.6 Å². The molecule has 1 fully saturated rings. The molecule has 2 aromatic carbocycles. The second-order valence-corrected chi connectivity index (χ2v) is 7.42. The molecule has 33 heavy (non-hydrogen) atoms. The number of nitro groups is 1. The maximum Gasteiger partial charge on any atom is 0.573 e. The molecule has 0 spiro atoms. The first-order valence-corrected chi connectivity index (χ1v) is 9.95. The molecule has 0 unspecified atom stereocenters. The van der Waals surface area contributed by atoms with Gasteiger partial charge in [0.2, 0.25) is 5.91 Å². The zero-order chi connectivity index (χ0) is 24.2. The molecule has 0 aliphatic carbocycles. The Labute approximate surface area is 186 Å². The van der Waals surface area contributed by atoms with E-state index in [-0.39, 0.29) is 23.7 Å². The highest BCUT2D eigenvalue weighted by Crippen LogP contribution is 2.25. The summed E-state index contributed by atoms with van der Waals surface area (Å²) in [7, 11) is 0. The number of ether oxygens (including phenoxy) is 1. The summed E-state index contributed by atoms with van der Waals surface area (Å²) >= 11 is 0. The van der Waals surface area contributed by atoms with Crippen LogP contribution in [0.3, 0.4) is 0 Å². The summed E-state index contributed by atoms with van der Waals surface area (Å²) in [4.78, 5) is 39.2. The van der Waals surface area contributed by atoms with Crippen molar-refractivity contribution in [2.45, 2.75) is 13.3 Å². The largest absolute Gasteiger partial charge is 0.573 e. The average molecular weight is 466 g/mol. The fraction of sp³-hybridized carbons (Fsp3) is 0.333. The van der Waals surface area contributed by atoms with E-state index in [9.17, 15) is 32.9 Å². The molecule has 2 aromatic rings. The number of aryl methyl sites for hydroxylation is 1. The van der Waals surface area contributed by atoms with Crippen LogP contribution in [0, 0.1) is 17.0 Å². The second kappa shape index (κ2) is 9.86. The highest BCUT2D eigenvalue weighted by atomic mass is 19.4. The summed E-state index contributed by atoms with van der Waals surface area (Å²) in [5.41, 5.74) is 0.536. The minimum absolute atomic E-state index is 0.0213. The van der Waals surface area contributed by atoms with Crippen LogP contribution in [-0.2, 0) is 4.79 Å². The van der Waals surface area contributed by atoms with Gasteiger partial charge in [0.1, 0.15) is 11.3 Å². The number of alkyl halides is 3. The van der Waals surface area contributed by atoms with Gasteiger partial charge in [-0.25, -0.2) is 0 Å². The summed E-state index contributed by atoms with van der Waals surface area (Å²) in [5.74, 6) is -1.20. The molecule has 12 heteroatoms. The Morgan fingerprint density at radius 1 is 1.09 bits per heavy atom. The highest BCUT2D eigenvalue weighted by molar-refractivity contribution is 5.98. The fourth-order valence-corrected chi connectivity index (χ4v) is 3.50. The Balaban J connectivity index is 1.51. The second-order valence-electron chi connectivity index (χ2n) is 7.42. The van der Waals surface area contributed by atoms with Crippen molar-refractivity contribution in [1.82, 2.24) is 9.80 Å². The number of carbonyl (C=O) groups is 2. The van der Waals surface area contributed by atoms with Gasteiger partial charge in [-0.1, -0.05) is 12.1 Å². The van der Waals surface area contributed by atoms with Gasteiger partial charge in [-0.05, 0) is 37.3 Å². The van der Waals surface area contributed by atoms with Crippen LogP contribution in [0.1, 0.15) is 15.9 Å². The predicted octanol–water partition coefficient (Wildman–Crippen LogP) is 3.20. The van der Waals surface area contributed by atoms with Gasteiger partial charge < -0.3 is 15.0 Å². The molecule has 1 N–H and O–H groups in total. The Hall–Kier alpha value is -3.67. The van der Waals surface area contributed by atoms with Gasteiger partial charge in [0, 0.05) is 37.4 Å². The molecule has 1 aliphatic rings. The monoisotopic (exact) mass is 466 g/mol. The van der Waals surface area contributed by atoms with Crippen molar-refractivity contribution in [3.8, 4) is 5.75 Å². The molecule has 0 atom stereocenters. The van der Waals surface area contributed by atoms with E-state index in [0.717, 1.165) is 12.1 Å². The van der Waals surface area contributed by atoms with Crippen LogP contribution in [0.5, 0.6) is 5.75 Å². The maximum atomic E-state index is 12.8. The lowest BCUT2D eigenvalue weighted by molar-refractivity contribution is -0.385. The number of nitrogens with zero attached hydrogens (tertiary/aromatic N) is 3. The predicted molar refractivity (Wildman–Crippen MR) is 112 cm³/mol. The molecule has 176 valence electrons. The van der Waals surface area contributed by atoms with E-state index in [0.29, 0.717) is 37.4 Å². The van der Waals surface area contributed by atoms with E-state index in [1.807, 2.05) is 4.90 Å². The number of para-hydroxylation sites is 1. The fourth-order valence-electron chi connectivity index (χ4n) is 3.50. The quantitative estimate of drug-likeness (QED) is 0.518. The molecule has 2 amide bonds. The SMILES string of the molecule is Cc1cccc(C(=O)N2CCN(CC(=O)Nc3ccc(OC(F)(F)F)cc3)CC2)c1[N+](=O)[O-]. The number of benzene rings is 2. The lowest BCUT2D eigenvalue weighted by atomic mass is 10.1. The van der Waals surface area contributed by atoms with Crippen LogP contribution < -0.4 is 10.1 Å². The minimum atomic E-state index is -4.79. The van der Waals surface area contributed by atoms with E-state index in [1.165, 1.54) is 23.1 Å². The van der Waals surface area contributed by atoms with Gasteiger partial charge in [-0.2, -0.15) is 0 Å². The average Bonchev–Trinajstić information content (AvgIpc) is 2.73. The molecule has 0 radical (unpaired) electrons. The van der Waals surface area contributed by atoms with Crippen LogP contribution in [0.4, 0.5) is 24.5 Å². The van der Waals surface area contributed by atoms with Crippen molar-refractivity contribution in [1.29, 1.82) is 0 Å². The third kappa shape index (κ3) is 6.42. The molecule has 1 saturated heterocycles. The number of nitrogens with one attached hydrogen (secondary N) is 1. The summed E-state index contributed by atoms with van der Waals surface area (Å²) in [6, 6.07) is 9.38. The van der Waals surface area contributed by atoms with Gasteiger partial charge in [0.15, 0.2) is 0 Å². The molecular weight excluding hydrogens is 445 g/mol. The summed E-state index contributed by atoms with van der Waals surface area (Å²) in [6.45, 7) is 2.95. The van der Waals surface area contributed by atoms with Gasteiger partial charge in [-0.15, -0.1) is 13.2 Å². The number of carbonyl (C=O) groups excluding carboxylic acids is 2. The van der Waals surface area contributed by atoms with Crippen LogP contribution in [0.25, 0.3) is 0 Å². The first kappa shape index (κ1) is 24.0. The van der Waals surface area contributed by atoms with Crippen LogP contribution >= 0.6 is 0 Å². The molecule has 0 aromatic heterocycles. The summed E-state index contributed by atoms with van der Waals surface area (Å²) < 4.78 is 40.4. The molecule has 9 nitrogen and oxygen atoms in total. The van der Waals surface area contributed by atoms with E-state index in [1.54, 1.807) is 19.1 Å². The molecule has 0 saturated carbocycles. The number of amides is 2. The van der Waals surface area contributed by atoms with Crippen molar-refractivity contribution in [2.75, 3.05) is 38.0 Å². The van der Waals surface area contributed by atoms with Crippen molar-refractivity contribution in [3.63, 3.8) is 0 Å². The Morgan fingerprint density at radius 2 is 1.73 bits per heavy atom. The van der Waals surface area contributed by atoms with E-state index in [4.69, 9.17) is 0 Å². The number of hydrogen-bond donors (Lipinski definition) is 1. The standard InChI is InChI=1S/C21H21F3N4O5/c1-14-3-2-4-17(19(14)28(31)32)20(30)27-11-9-26(10-12-27)13-18(29)25-15-5-7-16(8-6-15)33-21(22,23)24/h2-8H,9-13H2,1H3,(H,25,29). The van der Waals surface area contributed by atoms with Gasteiger partial charge >= 0.3 is 6.36 Å². The van der Waals surface area contributed by atoms with E-state index < -0.39 is 22.9 Å². The summed E-state index contributed by atoms with van der Waals surface area (Å²) in [6.07, 6.45) is -4.79. The maximum absolute atomic E-state index is 12.8. The number of hydrogen-bond acceptors (Lipinski definition) is 6. The number of halogens is 3. The van der Waals surface area contributed by atoms with E-state index in [2.05, 4.69) is 10.1 Å². The zero-order valence-corrected chi connectivity index (χ0v) is 17.6. The zero-order valence-electron chi connectivity index (χ0n) is 17.6. The number of nitro benzene ring substituents is 1. The lowest BCUT2D eigenvalue weighted by Gasteiger charge is -2.34. The number of piperazine rings is 1. The minimum Gasteiger partial charge on any atom is -0.406 e. The first-order valence-electron chi connectivity index (χ1n) is 9.95. The molecule has 0 bridgehead atoms. The number of rotatable bonds is 6. The van der Waals surface area contributed by atoms with Crippen molar-refractivity contribution < 1.29 is 32.4 Å². The smallest absolute Gasteiger partial charge is 0.406 e. The topological polar surface area (TPSA) is 105 Å². The Kier molecular flexibility index (Phi) is 7.16. The van der Waals surface area contributed by atoms with Gasteiger partial charge in [0.25, 0.3) is 11.6 Å². The molecule has 1 heterocycles. The van der Waals surface area contributed by atoms with Crippen LogP contribution in [0.15, 0.2) is 42.5 Å².